The Labute approximate surface area is 170 Å². The van der Waals surface area contributed by atoms with E-state index in [1.54, 1.807) is 12.1 Å². The minimum atomic E-state index is -5.08. The molecule has 0 aromatic heterocycles. The van der Waals surface area contributed by atoms with Gasteiger partial charge in [-0.3, -0.25) is 4.79 Å². The molecular formula is C21H20F4N2O3. The molecule has 2 N–H and O–H groups in total. The van der Waals surface area contributed by atoms with Crippen LogP contribution in [0.25, 0.3) is 0 Å². The SMILES string of the molecule is O=C(O)C(F)(F)F.O=C(c1ccccc1)N1CC2(CCNCC2)c2cc(F)ccc21. The van der Waals surface area contributed by atoms with Crippen molar-refractivity contribution in [1.29, 1.82) is 0 Å². The topological polar surface area (TPSA) is 69.6 Å². The van der Waals surface area contributed by atoms with E-state index in [1.807, 2.05) is 35.2 Å². The van der Waals surface area contributed by atoms with Gasteiger partial charge in [0.2, 0.25) is 0 Å². The fourth-order valence-corrected chi connectivity index (χ4v) is 3.89. The van der Waals surface area contributed by atoms with Gasteiger partial charge in [-0.15, -0.1) is 0 Å². The van der Waals surface area contributed by atoms with Crippen LogP contribution in [0.5, 0.6) is 0 Å². The summed E-state index contributed by atoms with van der Waals surface area (Å²) in [6.07, 6.45) is -3.22. The van der Waals surface area contributed by atoms with E-state index in [1.165, 1.54) is 6.07 Å². The number of carbonyl (C=O) groups excluding carboxylic acids is 1. The van der Waals surface area contributed by atoms with E-state index in [0.717, 1.165) is 37.2 Å². The average molecular weight is 424 g/mol. The van der Waals surface area contributed by atoms with Crippen molar-refractivity contribution in [3.8, 4) is 0 Å². The monoisotopic (exact) mass is 424 g/mol. The fraction of sp³-hybridized carbons (Fsp3) is 0.333. The molecule has 2 aromatic carbocycles. The number of benzene rings is 2. The molecule has 9 heteroatoms. The third-order valence-electron chi connectivity index (χ3n) is 5.35. The standard InChI is InChI=1S/C19H19FN2O.C2HF3O2/c20-15-6-7-17-16(12-15)19(8-10-21-11-9-19)13-22(17)18(23)14-4-2-1-3-5-14;3-2(4,5)1(6)7/h1-7,12,21H,8-11,13H2;(H,6,7). The number of nitrogens with one attached hydrogen (secondary N) is 1. The van der Waals surface area contributed by atoms with Gasteiger partial charge in [0, 0.05) is 23.2 Å². The number of piperidine rings is 1. The van der Waals surface area contributed by atoms with Crippen LogP contribution in [0.4, 0.5) is 23.2 Å². The van der Waals surface area contributed by atoms with Crippen molar-refractivity contribution in [2.24, 2.45) is 0 Å². The maximum atomic E-state index is 13.8. The zero-order valence-electron chi connectivity index (χ0n) is 15.9. The summed E-state index contributed by atoms with van der Waals surface area (Å²) in [6, 6.07) is 14.1. The van der Waals surface area contributed by atoms with Crippen LogP contribution in [-0.2, 0) is 10.2 Å². The summed E-state index contributed by atoms with van der Waals surface area (Å²) in [4.78, 5) is 23.7. The van der Waals surface area contributed by atoms with Gasteiger partial charge >= 0.3 is 12.1 Å². The van der Waals surface area contributed by atoms with Gasteiger partial charge in [-0.05, 0) is 61.8 Å². The van der Waals surface area contributed by atoms with Crippen molar-refractivity contribution >= 4 is 17.6 Å². The van der Waals surface area contributed by atoms with Crippen LogP contribution < -0.4 is 10.2 Å². The molecule has 1 saturated heterocycles. The van der Waals surface area contributed by atoms with Crippen molar-refractivity contribution in [3.63, 3.8) is 0 Å². The number of carboxylic acid groups (broad SMARTS) is 1. The van der Waals surface area contributed by atoms with Gasteiger partial charge in [-0.2, -0.15) is 13.2 Å². The molecule has 2 aliphatic heterocycles. The normalized spacial score (nSPS) is 17.1. The molecule has 4 rings (SSSR count). The first-order chi connectivity index (χ1) is 14.1. The zero-order valence-corrected chi connectivity index (χ0v) is 15.9. The van der Waals surface area contributed by atoms with E-state index in [-0.39, 0.29) is 17.1 Å². The number of nitrogens with zero attached hydrogens (tertiary/aromatic N) is 1. The Bertz CT molecular complexity index is 926. The first-order valence-electron chi connectivity index (χ1n) is 9.32. The summed E-state index contributed by atoms with van der Waals surface area (Å²) < 4.78 is 45.6. The maximum absolute atomic E-state index is 13.8. The number of alkyl halides is 3. The number of hydrogen-bond acceptors (Lipinski definition) is 3. The molecule has 2 heterocycles. The van der Waals surface area contributed by atoms with Crippen molar-refractivity contribution < 1.29 is 32.3 Å². The summed E-state index contributed by atoms with van der Waals surface area (Å²) in [5, 5.41) is 10.5. The molecule has 1 spiro atoms. The van der Waals surface area contributed by atoms with E-state index >= 15 is 0 Å². The van der Waals surface area contributed by atoms with Gasteiger partial charge in [0.1, 0.15) is 5.82 Å². The molecule has 1 fully saturated rings. The maximum Gasteiger partial charge on any atom is 0.490 e. The highest BCUT2D eigenvalue weighted by Gasteiger charge is 2.45. The first-order valence-corrected chi connectivity index (χ1v) is 9.32. The Morgan fingerprint density at radius 3 is 2.20 bits per heavy atom. The number of halogens is 4. The molecule has 5 nitrogen and oxygen atoms in total. The minimum Gasteiger partial charge on any atom is -0.475 e. The summed E-state index contributed by atoms with van der Waals surface area (Å²) in [6.45, 7) is 2.45. The molecule has 0 atom stereocenters. The minimum absolute atomic E-state index is 0.00568. The highest BCUT2D eigenvalue weighted by atomic mass is 19.4. The number of amides is 1. The highest BCUT2D eigenvalue weighted by Crippen LogP contribution is 2.46. The molecule has 0 unspecified atom stereocenters. The van der Waals surface area contributed by atoms with Crippen LogP contribution >= 0.6 is 0 Å². The van der Waals surface area contributed by atoms with Gasteiger partial charge in [0.15, 0.2) is 0 Å². The second-order valence-electron chi connectivity index (χ2n) is 7.25. The molecule has 30 heavy (non-hydrogen) atoms. The van der Waals surface area contributed by atoms with E-state index in [9.17, 15) is 22.4 Å². The smallest absolute Gasteiger partial charge is 0.475 e. The summed E-state index contributed by atoms with van der Waals surface area (Å²) in [5.74, 6) is -2.99. The number of aliphatic carboxylic acids is 1. The quantitative estimate of drug-likeness (QED) is 0.685. The van der Waals surface area contributed by atoms with Gasteiger partial charge in [0.05, 0.1) is 0 Å². The second kappa shape index (κ2) is 8.43. The molecule has 0 aliphatic carbocycles. The summed E-state index contributed by atoms with van der Waals surface area (Å²) in [7, 11) is 0. The van der Waals surface area contributed by atoms with E-state index in [2.05, 4.69) is 5.32 Å². The highest BCUT2D eigenvalue weighted by molar-refractivity contribution is 6.07. The summed E-state index contributed by atoms with van der Waals surface area (Å²) in [5.41, 5.74) is 2.41. The third kappa shape index (κ3) is 4.46. The number of carboxylic acids is 1. The van der Waals surface area contributed by atoms with E-state index in [4.69, 9.17) is 9.90 Å². The number of fused-ring (bicyclic) bond motifs is 2. The van der Waals surface area contributed by atoms with Gasteiger partial charge < -0.3 is 15.3 Å². The molecule has 0 radical (unpaired) electrons. The lowest BCUT2D eigenvalue weighted by Crippen LogP contribution is -2.44. The van der Waals surface area contributed by atoms with Crippen molar-refractivity contribution in [2.45, 2.75) is 24.4 Å². The molecular weight excluding hydrogens is 404 g/mol. The Morgan fingerprint density at radius 2 is 1.63 bits per heavy atom. The Balaban J connectivity index is 0.000000318. The van der Waals surface area contributed by atoms with Gasteiger partial charge in [0.25, 0.3) is 5.91 Å². The lowest BCUT2D eigenvalue weighted by atomic mass is 9.75. The van der Waals surface area contributed by atoms with Crippen molar-refractivity contribution in [1.82, 2.24) is 5.32 Å². The third-order valence-corrected chi connectivity index (χ3v) is 5.35. The van der Waals surface area contributed by atoms with Crippen LogP contribution in [0.15, 0.2) is 48.5 Å². The molecule has 160 valence electrons. The number of rotatable bonds is 1. The second-order valence-corrected chi connectivity index (χ2v) is 7.25. The summed E-state index contributed by atoms with van der Waals surface area (Å²) >= 11 is 0. The van der Waals surface area contributed by atoms with Crippen LogP contribution in [-0.4, -0.2) is 42.8 Å². The van der Waals surface area contributed by atoms with Crippen LogP contribution in [0.3, 0.4) is 0 Å². The molecule has 1 amide bonds. The predicted octanol–water partition coefficient (Wildman–Crippen LogP) is 3.74. The van der Waals surface area contributed by atoms with Crippen LogP contribution in [0, 0.1) is 5.82 Å². The lowest BCUT2D eigenvalue weighted by molar-refractivity contribution is -0.192. The van der Waals surface area contributed by atoms with Gasteiger partial charge in [-0.1, -0.05) is 18.2 Å². The predicted molar refractivity (Wildman–Crippen MR) is 102 cm³/mol. The van der Waals surface area contributed by atoms with Crippen LogP contribution in [0.1, 0.15) is 28.8 Å². The van der Waals surface area contributed by atoms with E-state index < -0.39 is 12.1 Å². The Morgan fingerprint density at radius 1 is 1.03 bits per heavy atom. The molecule has 0 bridgehead atoms. The Kier molecular flexibility index (Phi) is 6.12. The molecule has 0 saturated carbocycles. The van der Waals surface area contributed by atoms with E-state index in [0.29, 0.717) is 12.1 Å². The van der Waals surface area contributed by atoms with Gasteiger partial charge in [-0.25, -0.2) is 9.18 Å². The molecule has 2 aromatic rings. The fourth-order valence-electron chi connectivity index (χ4n) is 3.89. The number of carbonyl (C=O) groups is 2. The number of anilines is 1. The average Bonchev–Trinajstić information content (AvgIpc) is 3.01. The van der Waals surface area contributed by atoms with Crippen molar-refractivity contribution in [2.75, 3.05) is 24.5 Å². The lowest BCUT2D eigenvalue weighted by Gasteiger charge is -2.34. The van der Waals surface area contributed by atoms with Crippen LogP contribution in [0.2, 0.25) is 0 Å². The number of hydrogen-bond donors (Lipinski definition) is 2. The first kappa shape index (κ1) is 21.8. The largest absolute Gasteiger partial charge is 0.490 e. The molecule has 2 aliphatic rings. The van der Waals surface area contributed by atoms with Crippen molar-refractivity contribution in [3.05, 3.63) is 65.5 Å². The zero-order chi connectivity index (χ0) is 21.9. The Hall–Kier alpha value is -2.94.